The molecule has 1 aromatic heterocycles. The summed E-state index contributed by atoms with van der Waals surface area (Å²) in [7, 11) is 1.95. The molecule has 4 nitrogen and oxygen atoms in total. The Balaban J connectivity index is 2.02. The SMILES string of the molecule is CC(C)=CCC[C@@]1(C)CCC(=O)N(Cc2cc(C)nn2C)C1. The molecule has 22 heavy (non-hydrogen) atoms. The number of hydrogen-bond donors (Lipinski definition) is 0. The third-order valence-electron chi connectivity index (χ3n) is 4.62. The minimum Gasteiger partial charge on any atom is -0.336 e. The van der Waals surface area contributed by atoms with Gasteiger partial charge in [0.1, 0.15) is 0 Å². The zero-order chi connectivity index (χ0) is 16.3. The molecule has 0 aliphatic carbocycles. The number of carbonyl (C=O) groups is 1. The molecule has 1 aliphatic heterocycles. The van der Waals surface area contributed by atoms with Gasteiger partial charge in [0.2, 0.25) is 5.91 Å². The molecule has 1 fully saturated rings. The first-order valence-electron chi connectivity index (χ1n) is 8.20. The highest BCUT2D eigenvalue weighted by Crippen LogP contribution is 2.35. The fourth-order valence-electron chi connectivity index (χ4n) is 3.26. The van der Waals surface area contributed by atoms with E-state index in [1.54, 1.807) is 0 Å². The van der Waals surface area contributed by atoms with Gasteiger partial charge in [0, 0.05) is 20.0 Å². The molecule has 1 saturated heterocycles. The van der Waals surface area contributed by atoms with Crippen molar-refractivity contribution in [1.29, 1.82) is 0 Å². The van der Waals surface area contributed by atoms with Gasteiger partial charge in [-0.05, 0) is 51.5 Å². The Morgan fingerprint density at radius 1 is 1.45 bits per heavy atom. The van der Waals surface area contributed by atoms with Crippen molar-refractivity contribution in [3.63, 3.8) is 0 Å². The van der Waals surface area contributed by atoms with Crippen LogP contribution in [0.2, 0.25) is 0 Å². The summed E-state index contributed by atoms with van der Waals surface area (Å²) in [4.78, 5) is 14.3. The molecule has 0 bridgehead atoms. The maximum atomic E-state index is 12.3. The fourth-order valence-corrected chi connectivity index (χ4v) is 3.26. The standard InChI is InChI=1S/C18H29N3O/c1-14(2)7-6-9-18(4)10-8-17(22)21(13-18)12-16-11-15(3)19-20(16)5/h7,11H,6,8-10,12-13H2,1-5H3/t18-/m0/s1. The van der Waals surface area contributed by atoms with E-state index in [4.69, 9.17) is 0 Å². The molecule has 1 amide bonds. The number of aromatic nitrogens is 2. The van der Waals surface area contributed by atoms with E-state index in [1.165, 1.54) is 5.57 Å². The second-order valence-corrected chi connectivity index (χ2v) is 7.28. The van der Waals surface area contributed by atoms with Crippen LogP contribution in [0.1, 0.15) is 57.8 Å². The summed E-state index contributed by atoms with van der Waals surface area (Å²) >= 11 is 0. The van der Waals surface area contributed by atoms with Crippen LogP contribution >= 0.6 is 0 Å². The Hall–Kier alpha value is -1.58. The van der Waals surface area contributed by atoms with Crippen molar-refractivity contribution in [3.8, 4) is 0 Å². The van der Waals surface area contributed by atoms with Gasteiger partial charge >= 0.3 is 0 Å². The summed E-state index contributed by atoms with van der Waals surface area (Å²) in [6, 6.07) is 2.07. The molecule has 2 rings (SSSR count). The van der Waals surface area contributed by atoms with E-state index in [1.807, 2.05) is 23.6 Å². The van der Waals surface area contributed by atoms with E-state index in [9.17, 15) is 4.79 Å². The molecule has 1 aliphatic rings. The van der Waals surface area contributed by atoms with Gasteiger partial charge in [0.25, 0.3) is 0 Å². The quantitative estimate of drug-likeness (QED) is 0.779. The lowest BCUT2D eigenvalue weighted by Crippen LogP contribution is -2.44. The van der Waals surface area contributed by atoms with Crippen molar-refractivity contribution < 1.29 is 4.79 Å². The van der Waals surface area contributed by atoms with Crippen molar-refractivity contribution >= 4 is 5.91 Å². The third kappa shape index (κ3) is 4.21. The minimum atomic E-state index is 0.230. The molecule has 4 heteroatoms. The number of likely N-dealkylation sites (tertiary alicyclic amines) is 1. The third-order valence-corrected chi connectivity index (χ3v) is 4.62. The Morgan fingerprint density at radius 3 is 2.77 bits per heavy atom. The van der Waals surface area contributed by atoms with Gasteiger partial charge in [-0.1, -0.05) is 18.6 Å². The number of rotatable bonds is 5. The summed E-state index contributed by atoms with van der Waals surface area (Å²) in [6.07, 6.45) is 6.22. The molecule has 1 aromatic rings. The van der Waals surface area contributed by atoms with Crippen LogP contribution in [0.15, 0.2) is 17.7 Å². The number of amides is 1. The molecule has 0 aromatic carbocycles. The average molecular weight is 303 g/mol. The Kier molecular flexibility index (Phi) is 5.09. The Labute approximate surface area is 134 Å². The van der Waals surface area contributed by atoms with Gasteiger partial charge < -0.3 is 4.90 Å². The van der Waals surface area contributed by atoms with Crippen LogP contribution in [-0.2, 0) is 18.4 Å². The van der Waals surface area contributed by atoms with Gasteiger partial charge in [-0.15, -0.1) is 0 Å². The molecule has 0 spiro atoms. The molecular weight excluding hydrogens is 274 g/mol. The highest BCUT2D eigenvalue weighted by atomic mass is 16.2. The minimum absolute atomic E-state index is 0.230. The summed E-state index contributed by atoms with van der Waals surface area (Å²) in [5.74, 6) is 0.276. The second kappa shape index (κ2) is 6.67. The van der Waals surface area contributed by atoms with Crippen LogP contribution in [0.3, 0.4) is 0 Å². The monoisotopic (exact) mass is 303 g/mol. The van der Waals surface area contributed by atoms with Gasteiger partial charge in [0.05, 0.1) is 17.9 Å². The lowest BCUT2D eigenvalue weighted by Gasteiger charge is -2.40. The van der Waals surface area contributed by atoms with Crippen LogP contribution in [0.25, 0.3) is 0 Å². The van der Waals surface area contributed by atoms with Gasteiger partial charge in [-0.3, -0.25) is 9.48 Å². The highest BCUT2D eigenvalue weighted by molar-refractivity contribution is 5.77. The fraction of sp³-hybridized carbons (Fsp3) is 0.667. The largest absolute Gasteiger partial charge is 0.336 e. The number of allylic oxidation sites excluding steroid dienone is 2. The topological polar surface area (TPSA) is 38.1 Å². The molecule has 1 atom stereocenters. The zero-order valence-electron chi connectivity index (χ0n) is 14.6. The molecule has 0 radical (unpaired) electrons. The van der Waals surface area contributed by atoms with Crippen LogP contribution in [0.5, 0.6) is 0 Å². The smallest absolute Gasteiger partial charge is 0.222 e. The molecule has 0 unspecified atom stereocenters. The molecule has 0 saturated carbocycles. The normalized spacial score (nSPS) is 22.0. The van der Waals surface area contributed by atoms with Crippen LogP contribution in [0, 0.1) is 12.3 Å². The maximum absolute atomic E-state index is 12.3. The van der Waals surface area contributed by atoms with Crippen molar-refractivity contribution in [3.05, 3.63) is 29.1 Å². The summed E-state index contributed by atoms with van der Waals surface area (Å²) in [5.41, 5.74) is 3.72. The summed E-state index contributed by atoms with van der Waals surface area (Å²) in [5, 5.41) is 4.38. The lowest BCUT2D eigenvalue weighted by atomic mass is 9.77. The van der Waals surface area contributed by atoms with Crippen molar-refractivity contribution in [2.45, 2.75) is 59.9 Å². The Morgan fingerprint density at radius 2 is 2.18 bits per heavy atom. The first-order chi connectivity index (χ1) is 10.3. The molecular formula is C18H29N3O. The highest BCUT2D eigenvalue weighted by Gasteiger charge is 2.34. The molecule has 122 valence electrons. The van der Waals surface area contributed by atoms with Gasteiger partial charge in [-0.2, -0.15) is 5.10 Å². The average Bonchev–Trinajstić information content (AvgIpc) is 2.72. The predicted octanol–water partition coefficient (Wildman–Crippen LogP) is 3.60. The summed E-state index contributed by atoms with van der Waals surface area (Å²) < 4.78 is 1.89. The van der Waals surface area contributed by atoms with E-state index < -0.39 is 0 Å². The number of aryl methyl sites for hydroxylation is 2. The number of hydrogen-bond acceptors (Lipinski definition) is 2. The van der Waals surface area contributed by atoms with Gasteiger partial charge in [0.15, 0.2) is 0 Å². The van der Waals surface area contributed by atoms with Crippen LogP contribution in [0.4, 0.5) is 0 Å². The lowest BCUT2D eigenvalue weighted by molar-refractivity contribution is -0.138. The first-order valence-corrected chi connectivity index (χ1v) is 8.20. The van der Waals surface area contributed by atoms with E-state index in [-0.39, 0.29) is 11.3 Å². The maximum Gasteiger partial charge on any atom is 0.222 e. The van der Waals surface area contributed by atoms with E-state index in [0.717, 1.165) is 37.2 Å². The van der Waals surface area contributed by atoms with Gasteiger partial charge in [-0.25, -0.2) is 0 Å². The number of carbonyl (C=O) groups excluding carboxylic acids is 1. The van der Waals surface area contributed by atoms with E-state index in [0.29, 0.717) is 13.0 Å². The zero-order valence-corrected chi connectivity index (χ0v) is 14.6. The van der Waals surface area contributed by atoms with Crippen molar-refractivity contribution in [1.82, 2.24) is 14.7 Å². The number of nitrogens with zero attached hydrogens (tertiary/aromatic N) is 3. The van der Waals surface area contributed by atoms with E-state index in [2.05, 4.69) is 38.0 Å². The van der Waals surface area contributed by atoms with E-state index >= 15 is 0 Å². The summed E-state index contributed by atoms with van der Waals surface area (Å²) in [6.45, 7) is 10.1. The molecule has 2 heterocycles. The first kappa shape index (κ1) is 16.8. The van der Waals surface area contributed by atoms with Crippen molar-refractivity contribution in [2.75, 3.05) is 6.54 Å². The van der Waals surface area contributed by atoms with Crippen molar-refractivity contribution in [2.24, 2.45) is 12.5 Å². The molecule has 0 N–H and O–H groups in total. The van der Waals surface area contributed by atoms with Crippen LogP contribution in [-0.4, -0.2) is 27.1 Å². The Bertz CT molecular complexity index is 569. The predicted molar refractivity (Wildman–Crippen MR) is 89.4 cm³/mol. The second-order valence-electron chi connectivity index (χ2n) is 7.28. The van der Waals surface area contributed by atoms with Crippen LogP contribution < -0.4 is 0 Å². The number of piperidine rings is 1.